The topological polar surface area (TPSA) is 65.4 Å². The molecule has 0 fully saturated rings. The van der Waals surface area contributed by atoms with Crippen molar-refractivity contribution in [3.05, 3.63) is 66.4 Å². The fourth-order valence-electron chi connectivity index (χ4n) is 2.35. The summed E-state index contributed by atoms with van der Waals surface area (Å²) in [5.41, 5.74) is 1.99. The lowest BCUT2D eigenvalue weighted by atomic mass is 10.2. The van der Waals surface area contributed by atoms with Crippen LogP contribution in [0, 0.1) is 0 Å². The van der Waals surface area contributed by atoms with Gasteiger partial charge in [-0.05, 0) is 36.4 Å². The molecule has 0 spiro atoms. The number of nitrogens with one attached hydrogen (secondary N) is 1. The van der Waals surface area contributed by atoms with Gasteiger partial charge in [0.15, 0.2) is 0 Å². The molecule has 0 aliphatic heterocycles. The third-order valence-electron chi connectivity index (χ3n) is 3.55. The van der Waals surface area contributed by atoms with Crippen LogP contribution in [0.1, 0.15) is 10.4 Å². The van der Waals surface area contributed by atoms with Crippen LogP contribution < -0.4 is 10.1 Å². The summed E-state index contributed by atoms with van der Waals surface area (Å²) < 4.78 is 11.7. The van der Waals surface area contributed by atoms with Crippen LogP contribution in [-0.4, -0.2) is 30.0 Å². The van der Waals surface area contributed by atoms with Crippen molar-refractivity contribution in [3.8, 4) is 11.4 Å². The Morgan fingerprint density at radius 3 is 2.50 bits per heavy atom. The number of benzene rings is 2. The van der Waals surface area contributed by atoms with Crippen LogP contribution in [-0.2, 0) is 4.74 Å². The maximum Gasteiger partial charge on any atom is 0.339 e. The molecule has 0 radical (unpaired) electrons. The Labute approximate surface area is 139 Å². The third-order valence-corrected chi connectivity index (χ3v) is 3.55. The van der Waals surface area contributed by atoms with Crippen molar-refractivity contribution in [3.63, 3.8) is 0 Å². The average Bonchev–Trinajstić information content (AvgIpc) is 3.09. The molecule has 24 heavy (non-hydrogen) atoms. The van der Waals surface area contributed by atoms with E-state index in [0.29, 0.717) is 11.3 Å². The van der Waals surface area contributed by atoms with Crippen molar-refractivity contribution < 1.29 is 14.3 Å². The maximum absolute atomic E-state index is 11.9. The first-order valence-electron chi connectivity index (χ1n) is 7.36. The first-order valence-corrected chi connectivity index (χ1v) is 7.36. The third kappa shape index (κ3) is 3.08. The summed E-state index contributed by atoms with van der Waals surface area (Å²) in [7, 11) is 2.99. The van der Waals surface area contributed by atoms with Gasteiger partial charge in [0.2, 0.25) is 0 Å². The van der Waals surface area contributed by atoms with Crippen molar-refractivity contribution in [2.24, 2.45) is 0 Å². The van der Waals surface area contributed by atoms with E-state index in [-0.39, 0.29) is 0 Å². The van der Waals surface area contributed by atoms with Crippen molar-refractivity contribution >= 4 is 17.5 Å². The van der Waals surface area contributed by atoms with Gasteiger partial charge in [0.25, 0.3) is 0 Å². The zero-order chi connectivity index (χ0) is 16.9. The lowest BCUT2D eigenvalue weighted by Gasteiger charge is -2.13. The molecule has 6 heteroatoms. The van der Waals surface area contributed by atoms with Gasteiger partial charge in [-0.1, -0.05) is 12.1 Å². The van der Waals surface area contributed by atoms with Crippen LogP contribution in [0.25, 0.3) is 5.69 Å². The second-order valence-electron chi connectivity index (χ2n) is 4.99. The Kier molecular flexibility index (Phi) is 4.47. The minimum atomic E-state index is -0.395. The van der Waals surface area contributed by atoms with Crippen molar-refractivity contribution in [2.75, 3.05) is 19.5 Å². The summed E-state index contributed by atoms with van der Waals surface area (Å²) in [4.78, 5) is 11.9. The molecule has 0 bridgehead atoms. The van der Waals surface area contributed by atoms with E-state index in [0.717, 1.165) is 17.3 Å². The summed E-state index contributed by atoms with van der Waals surface area (Å²) >= 11 is 0. The van der Waals surface area contributed by atoms with Crippen molar-refractivity contribution in [1.82, 2.24) is 9.78 Å². The van der Waals surface area contributed by atoms with Gasteiger partial charge < -0.3 is 14.8 Å². The molecule has 2 aromatic carbocycles. The Morgan fingerprint density at radius 2 is 1.79 bits per heavy atom. The largest absolute Gasteiger partial charge is 0.497 e. The quantitative estimate of drug-likeness (QED) is 0.729. The fraction of sp³-hybridized carbons (Fsp3) is 0.111. The Morgan fingerprint density at radius 1 is 1.04 bits per heavy atom. The Balaban J connectivity index is 1.93. The zero-order valence-electron chi connectivity index (χ0n) is 13.4. The van der Waals surface area contributed by atoms with Crippen LogP contribution in [0.15, 0.2) is 60.8 Å². The monoisotopic (exact) mass is 323 g/mol. The van der Waals surface area contributed by atoms with Crippen LogP contribution >= 0.6 is 0 Å². The molecular weight excluding hydrogens is 306 g/mol. The maximum atomic E-state index is 11.9. The number of para-hydroxylation sites is 1. The molecule has 1 aromatic heterocycles. The molecular formula is C18H17N3O3. The van der Waals surface area contributed by atoms with E-state index in [4.69, 9.17) is 9.47 Å². The van der Waals surface area contributed by atoms with E-state index < -0.39 is 5.97 Å². The zero-order valence-corrected chi connectivity index (χ0v) is 13.4. The van der Waals surface area contributed by atoms with Gasteiger partial charge in [0.1, 0.15) is 11.6 Å². The van der Waals surface area contributed by atoms with Gasteiger partial charge >= 0.3 is 5.97 Å². The number of hydrogen-bond acceptors (Lipinski definition) is 5. The number of carbonyl (C=O) groups excluding carboxylic acids is 1. The van der Waals surface area contributed by atoms with Gasteiger partial charge in [-0.15, -0.1) is 0 Å². The molecule has 3 aromatic rings. The first-order chi connectivity index (χ1) is 11.7. The lowest BCUT2D eigenvalue weighted by Crippen LogP contribution is -2.08. The molecule has 1 heterocycles. The number of carbonyl (C=O) groups is 1. The van der Waals surface area contributed by atoms with Crippen molar-refractivity contribution in [1.29, 1.82) is 0 Å². The van der Waals surface area contributed by atoms with Crippen LogP contribution in [0.5, 0.6) is 5.75 Å². The van der Waals surface area contributed by atoms with Crippen LogP contribution in [0.3, 0.4) is 0 Å². The standard InChI is InChI=1S/C18H17N3O3/c1-23-14-9-7-13(8-10-14)21-17(11-12-19-21)20-16-6-4-3-5-15(16)18(22)24-2/h3-12,20H,1-2H3. The van der Waals surface area contributed by atoms with Crippen LogP contribution in [0.2, 0.25) is 0 Å². The molecule has 6 nitrogen and oxygen atoms in total. The molecule has 0 unspecified atom stereocenters. The summed E-state index contributed by atoms with van der Waals surface area (Å²) in [5, 5.41) is 7.56. The highest BCUT2D eigenvalue weighted by Crippen LogP contribution is 2.24. The molecule has 0 saturated carbocycles. The SMILES string of the molecule is COC(=O)c1ccccc1Nc1ccnn1-c1ccc(OC)cc1. The predicted molar refractivity (Wildman–Crippen MR) is 91.2 cm³/mol. The highest BCUT2D eigenvalue weighted by molar-refractivity contribution is 5.96. The van der Waals surface area contributed by atoms with Gasteiger partial charge in [-0.25, -0.2) is 9.48 Å². The highest BCUT2D eigenvalue weighted by Gasteiger charge is 2.13. The normalized spacial score (nSPS) is 10.2. The summed E-state index contributed by atoms with van der Waals surface area (Å²) in [6, 6.07) is 16.5. The predicted octanol–water partition coefficient (Wildman–Crippen LogP) is 3.41. The van der Waals surface area contributed by atoms with Gasteiger partial charge in [-0.3, -0.25) is 0 Å². The van der Waals surface area contributed by atoms with E-state index in [2.05, 4.69) is 10.4 Å². The summed E-state index contributed by atoms with van der Waals surface area (Å²) in [6.45, 7) is 0. The van der Waals surface area contributed by atoms with E-state index >= 15 is 0 Å². The molecule has 0 atom stereocenters. The summed E-state index contributed by atoms with van der Waals surface area (Å²) in [6.07, 6.45) is 1.69. The van der Waals surface area contributed by atoms with Gasteiger partial charge in [0, 0.05) is 6.07 Å². The minimum Gasteiger partial charge on any atom is -0.497 e. The van der Waals surface area contributed by atoms with Crippen molar-refractivity contribution in [2.45, 2.75) is 0 Å². The van der Waals surface area contributed by atoms with Crippen LogP contribution in [0.4, 0.5) is 11.5 Å². The highest BCUT2D eigenvalue weighted by atomic mass is 16.5. The number of nitrogens with zero attached hydrogens (tertiary/aromatic N) is 2. The molecule has 0 saturated heterocycles. The molecule has 1 N–H and O–H groups in total. The fourth-order valence-corrected chi connectivity index (χ4v) is 2.35. The second kappa shape index (κ2) is 6.87. The molecule has 0 aliphatic carbocycles. The molecule has 0 aliphatic rings. The number of methoxy groups -OCH3 is 2. The second-order valence-corrected chi connectivity index (χ2v) is 4.99. The number of hydrogen-bond donors (Lipinski definition) is 1. The van der Waals surface area contributed by atoms with Gasteiger partial charge in [0.05, 0.1) is 37.4 Å². The number of ether oxygens (including phenoxy) is 2. The first kappa shape index (κ1) is 15.6. The van der Waals surface area contributed by atoms with Gasteiger partial charge in [-0.2, -0.15) is 5.10 Å². The Bertz CT molecular complexity index is 841. The number of esters is 1. The minimum absolute atomic E-state index is 0.395. The lowest BCUT2D eigenvalue weighted by molar-refractivity contribution is 0.0602. The number of aromatic nitrogens is 2. The number of rotatable bonds is 5. The van der Waals surface area contributed by atoms with E-state index in [1.165, 1.54) is 7.11 Å². The average molecular weight is 323 g/mol. The summed E-state index contributed by atoms with van der Waals surface area (Å²) in [5.74, 6) is 1.11. The van der Waals surface area contributed by atoms with E-state index in [1.807, 2.05) is 42.5 Å². The Hall–Kier alpha value is -3.28. The molecule has 0 amide bonds. The smallest absolute Gasteiger partial charge is 0.339 e. The van der Waals surface area contributed by atoms with E-state index in [1.54, 1.807) is 30.1 Å². The molecule has 3 rings (SSSR count). The number of anilines is 2. The van der Waals surface area contributed by atoms with E-state index in [9.17, 15) is 4.79 Å². The molecule has 122 valence electrons.